The number of rotatable bonds is 6. The first-order chi connectivity index (χ1) is 12.5. The summed E-state index contributed by atoms with van der Waals surface area (Å²) < 4.78 is 4.94. The van der Waals surface area contributed by atoms with E-state index < -0.39 is 36.0 Å². The van der Waals surface area contributed by atoms with Crippen molar-refractivity contribution in [2.24, 2.45) is 0 Å². The summed E-state index contributed by atoms with van der Waals surface area (Å²) in [6.07, 6.45) is -0.175. The molecule has 1 aliphatic rings. The third kappa shape index (κ3) is 4.84. The van der Waals surface area contributed by atoms with Crippen LogP contribution in [0.2, 0.25) is 0 Å². The lowest BCUT2D eigenvalue weighted by molar-refractivity contribution is -0.147. The Morgan fingerprint density at radius 1 is 1.15 bits per heavy atom. The van der Waals surface area contributed by atoms with Gasteiger partial charge in [0.2, 0.25) is 0 Å². The minimum atomic E-state index is -0.982. The maximum absolute atomic E-state index is 12.0. The molecule has 1 aromatic rings. The molecular formula is C19H25N3O5. The maximum Gasteiger partial charge on any atom is 0.325 e. The van der Waals surface area contributed by atoms with Crippen LogP contribution in [-0.4, -0.2) is 47.4 Å². The molecule has 0 unspecified atom stereocenters. The van der Waals surface area contributed by atoms with Crippen LogP contribution in [0.5, 0.6) is 0 Å². The first kappa shape index (κ1) is 20.4. The number of ether oxygens (including phenoxy) is 1. The van der Waals surface area contributed by atoms with Crippen LogP contribution in [0.1, 0.15) is 37.0 Å². The molecule has 0 aliphatic carbocycles. The van der Waals surface area contributed by atoms with Gasteiger partial charge in [0.15, 0.2) is 6.61 Å². The molecule has 2 rings (SSSR count). The van der Waals surface area contributed by atoms with Crippen LogP contribution in [0.3, 0.4) is 0 Å². The number of benzene rings is 1. The van der Waals surface area contributed by atoms with Gasteiger partial charge < -0.3 is 15.4 Å². The fraction of sp³-hybridized carbons (Fsp3) is 0.474. The number of esters is 1. The van der Waals surface area contributed by atoms with Crippen molar-refractivity contribution in [2.45, 2.75) is 46.6 Å². The monoisotopic (exact) mass is 375 g/mol. The molecule has 1 fully saturated rings. The zero-order chi connectivity index (χ0) is 20.4. The van der Waals surface area contributed by atoms with Crippen molar-refractivity contribution >= 4 is 29.5 Å². The lowest BCUT2D eigenvalue weighted by atomic mass is 10.1. The highest BCUT2D eigenvalue weighted by molar-refractivity contribution is 6.06. The Balaban J connectivity index is 1.81. The van der Waals surface area contributed by atoms with Crippen LogP contribution >= 0.6 is 0 Å². The van der Waals surface area contributed by atoms with Gasteiger partial charge in [0, 0.05) is 12.2 Å². The molecule has 1 aliphatic heterocycles. The third-order valence-electron chi connectivity index (χ3n) is 4.29. The summed E-state index contributed by atoms with van der Waals surface area (Å²) in [5.74, 6) is -1.51. The Hall–Kier alpha value is -2.90. The van der Waals surface area contributed by atoms with Gasteiger partial charge in [-0.3, -0.25) is 19.3 Å². The lowest BCUT2D eigenvalue weighted by Gasteiger charge is -2.15. The van der Waals surface area contributed by atoms with Gasteiger partial charge in [-0.15, -0.1) is 0 Å². The van der Waals surface area contributed by atoms with Gasteiger partial charge in [0.05, 0.1) is 6.42 Å². The number of hydrogen-bond acceptors (Lipinski definition) is 5. The number of nitrogens with one attached hydrogen (secondary N) is 2. The SMILES string of the molecule is Cc1cc(C)c(NC(=O)COC(=O)CCN2C(=O)NC(C)(C)C2=O)c(C)c1. The van der Waals surface area contributed by atoms with Crippen LogP contribution in [0, 0.1) is 20.8 Å². The highest BCUT2D eigenvalue weighted by Crippen LogP contribution is 2.21. The molecular weight excluding hydrogens is 350 g/mol. The predicted molar refractivity (Wildman–Crippen MR) is 99.2 cm³/mol. The zero-order valence-corrected chi connectivity index (χ0v) is 16.3. The van der Waals surface area contributed by atoms with E-state index in [1.165, 1.54) is 0 Å². The van der Waals surface area contributed by atoms with Gasteiger partial charge in [-0.25, -0.2) is 4.79 Å². The van der Waals surface area contributed by atoms with E-state index in [2.05, 4.69) is 10.6 Å². The molecule has 2 N–H and O–H groups in total. The summed E-state index contributed by atoms with van der Waals surface area (Å²) in [6, 6.07) is 3.36. The molecule has 1 saturated heterocycles. The number of nitrogens with zero attached hydrogens (tertiary/aromatic N) is 1. The molecule has 0 saturated carbocycles. The highest BCUT2D eigenvalue weighted by atomic mass is 16.5. The van der Waals surface area contributed by atoms with Crippen molar-refractivity contribution in [1.29, 1.82) is 0 Å². The number of aryl methyl sites for hydroxylation is 3. The number of hydrogen-bond donors (Lipinski definition) is 2. The molecule has 1 aromatic carbocycles. The minimum Gasteiger partial charge on any atom is -0.456 e. The molecule has 146 valence electrons. The minimum absolute atomic E-state index is 0.0925. The fourth-order valence-corrected chi connectivity index (χ4v) is 2.99. The lowest BCUT2D eigenvalue weighted by Crippen LogP contribution is -2.40. The molecule has 4 amide bonds. The van der Waals surface area contributed by atoms with E-state index in [9.17, 15) is 19.2 Å². The highest BCUT2D eigenvalue weighted by Gasteiger charge is 2.44. The number of carbonyl (C=O) groups is 4. The first-order valence-electron chi connectivity index (χ1n) is 8.68. The summed E-state index contributed by atoms with van der Waals surface area (Å²) in [5.41, 5.74) is 2.66. The quantitative estimate of drug-likeness (QED) is 0.583. The number of anilines is 1. The van der Waals surface area contributed by atoms with E-state index in [1.807, 2.05) is 32.9 Å². The first-order valence-corrected chi connectivity index (χ1v) is 8.68. The topological polar surface area (TPSA) is 105 Å². The van der Waals surface area contributed by atoms with Crippen molar-refractivity contribution in [3.63, 3.8) is 0 Å². The van der Waals surface area contributed by atoms with Crippen LogP contribution in [0.25, 0.3) is 0 Å². The van der Waals surface area contributed by atoms with E-state index in [0.717, 1.165) is 21.6 Å². The number of imide groups is 1. The van der Waals surface area contributed by atoms with Crippen molar-refractivity contribution < 1.29 is 23.9 Å². The third-order valence-corrected chi connectivity index (χ3v) is 4.29. The zero-order valence-electron chi connectivity index (χ0n) is 16.3. The molecule has 0 radical (unpaired) electrons. The van der Waals surface area contributed by atoms with E-state index in [4.69, 9.17) is 4.74 Å². The van der Waals surface area contributed by atoms with Gasteiger partial charge >= 0.3 is 12.0 Å². The van der Waals surface area contributed by atoms with E-state index in [0.29, 0.717) is 5.69 Å². The van der Waals surface area contributed by atoms with Gasteiger partial charge in [-0.2, -0.15) is 0 Å². The van der Waals surface area contributed by atoms with Crippen molar-refractivity contribution in [3.8, 4) is 0 Å². The second-order valence-corrected chi connectivity index (χ2v) is 7.24. The van der Waals surface area contributed by atoms with E-state index in [1.54, 1.807) is 13.8 Å². The largest absolute Gasteiger partial charge is 0.456 e. The van der Waals surface area contributed by atoms with E-state index >= 15 is 0 Å². The summed E-state index contributed by atoms with van der Waals surface area (Å²) in [4.78, 5) is 48.6. The second-order valence-electron chi connectivity index (χ2n) is 7.24. The average molecular weight is 375 g/mol. The summed E-state index contributed by atoms with van der Waals surface area (Å²) >= 11 is 0. The average Bonchev–Trinajstić information content (AvgIpc) is 2.74. The normalized spacial score (nSPS) is 15.5. The second kappa shape index (κ2) is 7.77. The summed E-state index contributed by atoms with van der Waals surface area (Å²) in [6.45, 7) is 8.40. The Morgan fingerprint density at radius 3 is 2.26 bits per heavy atom. The van der Waals surface area contributed by atoms with Gasteiger partial charge in [0.1, 0.15) is 5.54 Å². The predicted octanol–water partition coefficient (Wildman–Crippen LogP) is 1.81. The summed E-state index contributed by atoms with van der Waals surface area (Å²) in [7, 11) is 0. The molecule has 0 bridgehead atoms. The van der Waals surface area contributed by atoms with E-state index in [-0.39, 0.29) is 13.0 Å². The Labute approximate surface area is 158 Å². The molecule has 1 heterocycles. The van der Waals surface area contributed by atoms with Gasteiger partial charge in [-0.05, 0) is 45.7 Å². The fourth-order valence-electron chi connectivity index (χ4n) is 2.99. The molecule has 0 spiro atoms. The molecule has 0 aromatic heterocycles. The van der Waals surface area contributed by atoms with Crippen LogP contribution in [0.15, 0.2) is 12.1 Å². The molecule has 27 heavy (non-hydrogen) atoms. The maximum atomic E-state index is 12.0. The number of amides is 4. The van der Waals surface area contributed by atoms with Crippen molar-refractivity contribution in [1.82, 2.24) is 10.2 Å². The number of carbonyl (C=O) groups excluding carboxylic acids is 4. The van der Waals surface area contributed by atoms with Gasteiger partial charge in [-0.1, -0.05) is 17.7 Å². The van der Waals surface area contributed by atoms with Crippen molar-refractivity contribution in [3.05, 3.63) is 28.8 Å². The Morgan fingerprint density at radius 2 is 1.74 bits per heavy atom. The molecule has 8 nitrogen and oxygen atoms in total. The standard InChI is InChI=1S/C19H25N3O5/c1-11-8-12(2)16(13(3)9-11)20-14(23)10-27-15(24)6-7-22-17(25)19(4,5)21-18(22)26/h8-9H,6-7,10H2,1-5H3,(H,20,23)(H,21,26). The van der Waals surface area contributed by atoms with Crippen molar-refractivity contribution in [2.75, 3.05) is 18.5 Å². The van der Waals surface area contributed by atoms with Crippen LogP contribution in [-0.2, 0) is 19.1 Å². The Kier molecular flexibility index (Phi) is 5.88. The smallest absolute Gasteiger partial charge is 0.325 e. The summed E-state index contributed by atoms with van der Waals surface area (Å²) in [5, 5.41) is 5.27. The number of urea groups is 1. The Bertz CT molecular complexity index is 778. The van der Waals surface area contributed by atoms with Crippen LogP contribution < -0.4 is 10.6 Å². The van der Waals surface area contributed by atoms with Crippen LogP contribution in [0.4, 0.5) is 10.5 Å². The molecule has 0 atom stereocenters. The van der Waals surface area contributed by atoms with Gasteiger partial charge in [0.25, 0.3) is 11.8 Å². The molecule has 8 heteroatoms.